The largest absolute Gasteiger partial charge is 0.379 e. The van der Waals surface area contributed by atoms with Gasteiger partial charge in [0.05, 0.1) is 12.7 Å². The zero-order valence-electron chi connectivity index (χ0n) is 6.09. The Kier molecular flexibility index (Phi) is 5.99. The van der Waals surface area contributed by atoms with E-state index < -0.39 is 0 Å². The van der Waals surface area contributed by atoms with Crippen molar-refractivity contribution in [1.82, 2.24) is 0 Å². The van der Waals surface area contributed by atoms with Gasteiger partial charge in [-0.15, -0.1) is 0 Å². The molecular formula is C7H14O2. The Balaban J connectivity index is 2.95. The van der Waals surface area contributed by atoms with Crippen molar-refractivity contribution < 1.29 is 9.47 Å². The van der Waals surface area contributed by atoms with Crippen LogP contribution in [0, 0.1) is 13.5 Å². The normalized spacial score (nSPS) is 13.7. The van der Waals surface area contributed by atoms with Gasteiger partial charge in [-0.1, -0.05) is 0 Å². The molecule has 0 aliphatic rings. The van der Waals surface area contributed by atoms with Gasteiger partial charge < -0.3 is 9.47 Å². The standard InChI is InChI=1S/C7H14O2/c1-4-9-7(2)5-6-8-3/h6-7H,2,4-5H2,1,3H3. The third-order valence-corrected chi connectivity index (χ3v) is 0.928. The average Bonchev–Trinajstić information content (AvgIpc) is 1.85. The van der Waals surface area contributed by atoms with Crippen molar-refractivity contribution in [2.45, 2.75) is 19.4 Å². The van der Waals surface area contributed by atoms with Crippen LogP contribution in [-0.2, 0) is 9.47 Å². The lowest BCUT2D eigenvalue weighted by Crippen LogP contribution is -2.08. The summed E-state index contributed by atoms with van der Waals surface area (Å²) in [6.45, 7) is 8.08. The zero-order valence-corrected chi connectivity index (χ0v) is 6.09. The molecule has 0 saturated heterocycles. The van der Waals surface area contributed by atoms with Crippen LogP contribution in [0.1, 0.15) is 13.3 Å². The van der Waals surface area contributed by atoms with Crippen LogP contribution in [0.4, 0.5) is 0 Å². The first-order valence-electron chi connectivity index (χ1n) is 3.10. The van der Waals surface area contributed by atoms with E-state index >= 15 is 0 Å². The van der Waals surface area contributed by atoms with Crippen LogP contribution in [0.2, 0.25) is 0 Å². The molecule has 0 rings (SSSR count). The molecule has 0 bridgehead atoms. The number of ether oxygens (including phenoxy) is 2. The van der Waals surface area contributed by atoms with Crippen LogP contribution in [0.5, 0.6) is 0 Å². The molecule has 0 spiro atoms. The molecule has 0 heterocycles. The fourth-order valence-electron chi connectivity index (χ4n) is 0.507. The maximum absolute atomic E-state index is 5.12. The average molecular weight is 130 g/mol. The van der Waals surface area contributed by atoms with E-state index in [1.165, 1.54) is 0 Å². The maximum Gasteiger partial charge on any atom is 0.0858 e. The van der Waals surface area contributed by atoms with Crippen molar-refractivity contribution in [1.29, 1.82) is 0 Å². The van der Waals surface area contributed by atoms with E-state index in [1.807, 2.05) is 6.92 Å². The Morgan fingerprint density at radius 3 is 2.78 bits per heavy atom. The van der Waals surface area contributed by atoms with Gasteiger partial charge in [0.25, 0.3) is 0 Å². The monoisotopic (exact) mass is 130 g/mol. The predicted octanol–water partition coefficient (Wildman–Crippen LogP) is 1.42. The van der Waals surface area contributed by atoms with E-state index in [2.05, 4.69) is 6.92 Å². The molecule has 1 unspecified atom stereocenters. The van der Waals surface area contributed by atoms with Gasteiger partial charge in [0, 0.05) is 20.1 Å². The Labute approximate surface area is 57.2 Å². The van der Waals surface area contributed by atoms with E-state index in [9.17, 15) is 0 Å². The van der Waals surface area contributed by atoms with Crippen molar-refractivity contribution in [3.05, 3.63) is 13.5 Å². The molecule has 0 N–H and O–H groups in total. The smallest absolute Gasteiger partial charge is 0.0858 e. The second kappa shape index (κ2) is 6.05. The van der Waals surface area contributed by atoms with Gasteiger partial charge in [-0.3, -0.25) is 0 Å². The van der Waals surface area contributed by atoms with E-state index in [4.69, 9.17) is 9.47 Å². The zero-order chi connectivity index (χ0) is 7.11. The molecular weight excluding hydrogens is 116 g/mol. The van der Waals surface area contributed by atoms with Crippen molar-refractivity contribution in [2.75, 3.05) is 13.7 Å². The van der Waals surface area contributed by atoms with E-state index in [1.54, 1.807) is 13.7 Å². The minimum atomic E-state index is 0.0370. The van der Waals surface area contributed by atoms with Gasteiger partial charge >= 0.3 is 0 Å². The fourth-order valence-corrected chi connectivity index (χ4v) is 0.507. The Hall–Kier alpha value is -0.0800. The number of methoxy groups -OCH3 is 1. The van der Waals surface area contributed by atoms with Crippen LogP contribution >= 0.6 is 0 Å². The molecule has 1 atom stereocenters. The highest BCUT2D eigenvalue weighted by Crippen LogP contribution is 1.98. The molecule has 9 heavy (non-hydrogen) atoms. The van der Waals surface area contributed by atoms with Crippen LogP contribution < -0.4 is 0 Å². The Bertz CT molecular complexity index is 54.9. The fraction of sp³-hybridized carbons (Fsp3) is 0.714. The molecule has 0 aromatic rings. The van der Waals surface area contributed by atoms with Gasteiger partial charge in [-0.05, 0) is 13.8 Å². The molecule has 0 fully saturated rings. The van der Waals surface area contributed by atoms with Gasteiger partial charge in [0.15, 0.2) is 0 Å². The molecule has 0 saturated carbocycles. The highest BCUT2D eigenvalue weighted by atomic mass is 16.5. The van der Waals surface area contributed by atoms with Crippen molar-refractivity contribution in [2.24, 2.45) is 0 Å². The Morgan fingerprint density at radius 2 is 2.33 bits per heavy atom. The number of hydrogen-bond acceptors (Lipinski definition) is 2. The predicted molar refractivity (Wildman–Crippen MR) is 36.7 cm³/mol. The van der Waals surface area contributed by atoms with Crippen molar-refractivity contribution in [3.63, 3.8) is 0 Å². The van der Waals surface area contributed by atoms with E-state index in [0.717, 1.165) is 6.42 Å². The molecule has 0 amide bonds. The first kappa shape index (κ1) is 8.92. The molecule has 0 aliphatic carbocycles. The van der Waals surface area contributed by atoms with Gasteiger partial charge in [-0.25, -0.2) is 0 Å². The first-order chi connectivity index (χ1) is 4.31. The van der Waals surface area contributed by atoms with E-state index in [0.29, 0.717) is 6.61 Å². The minimum Gasteiger partial charge on any atom is -0.379 e. The van der Waals surface area contributed by atoms with Gasteiger partial charge in [-0.2, -0.15) is 0 Å². The summed E-state index contributed by atoms with van der Waals surface area (Å²) in [5.74, 6) is 0. The number of hydrogen-bond donors (Lipinski definition) is 0. The summed E-state index contributed by atoms with van der Waals surface area (Å²) >= 11 is 0. The summed E-state index contributed by atoms with van der Waals surface area (Å²) in [7, 11) is 1.62. The molecule has 0 aromatic carbocycles. The number of rotatable bonds is 5. The summed E-state index contributed by atoms with van der Waals surface area (Å²) in [5, 5.41) is 0. The molecule has 2 radical (unpaired) electrons. The molecule has 54 valence electrons. The topological polar surface area (TPSA) is 18.5 Å². The van der Waals surface area contributed by atoms with Gasteiger partial charge in [0.2, 0.25) is 0 Å². The van der Waals surface area contributed by atoms with Crippen LogP contribution in [0.25, 0.3) is 0 Å². The van der Waals surface area contributed by atoms with Crippen LogP contribution in [0.15, 0.2) is 0 Å². The summed E-state index contributed by atoms with van der Waals surface area (Å²) in [6, 6.07) is 0. The quantitative estimate of drug-likeness (QED) is 0.560. The lowest BCUT2D eigenvalue weighted by molar-refractivity contribution is 0.0806. The first-order valence-corrected chi connectivity index (χ1v) is 3.10. The molecule has 2 heteroatoms. The van der Waals surface area contributed by atoms with Crippen molar-refractivity contribution >= 4 is 0 Å². The summed E-state index contributed by atoms with van der Waals surface area (Å²) in [4.78, 5) is 0. The lowest BCUT2D eigenvalue weighted by atomic mass is 10.3. The summed E-state index contributed by atoms with van der Waals surface area (Å²) in [6.07, 6.45) is 0.791. The minimum absolute atomic E-state index is 0.0370. The SMILES string of the molecule is [CH2]C(C[CH]OC)OCC. The highest BCUT2D eigenvalue weighted by Gasteiger charge is 1.98. The summed E-state index contributed by atoms with van der Waals surface area (Å²) < 4.78 is 9.84. The second-order valence-corrected chi connectivity index (χ2v) is 1.72. The molecule has 0 aliphatic heterocycles. The Morgan fingerprint density at radius 1 is 1.67 bits per heavy atom. The maximum atomic E-state index is 5.12. The third kappa shape index (κ3) is 5.80. The van der Waals surface area contributed by atoms with Crippen LogP contribution in [0.3, 0.4) is 0 Å². The lowest BCUT2D eigenvalue weighted by Gasteiger charge is -2.08. The molecule has 2 nitrogen and oxygen atoms in total. The van der Waals surface area contributed by atoms with Crippen LogP contribution in [-0.4, -0.2) is 19.8 Å². The third-order valence-electron chi connectivity index (χ3n) is 0.928. The second-order valence-electron chi connectivity index (χ2n) is 1.72. The molecule has 0 aromatic heterocycles. The van der Waals surface area contributed by atoms with E-state index in [-0.39, 0.29) is 6.10 Å². The summed E-state index contributed by atoms with van der Waals surface area (Å²) in [5.41, 5.74) is 0. The van der Waals surface area contributed by atoms with Gasteiger partial charge in [0.1, 0.15) is 0 Å². The highest BCUT2D eigenvalue weighted by molar-refractivity contribution is 4.64. The van der Waals surface area contributed by atoms with Crippen molar-refractivity contribution in [3.8, 4) is 0 Å².